The molecule has 0 aliphatic rings. The van der Waals surface area contributed by atoms with Crippen LogP contribution in [0.5, 0.6) is 5.75 Å². The van der Waals surface area contributed by atoms with Crippen LogP contribution in [0.2, 0.25) is 0 Å². The lowest BCUT2D eigenvalue weighted by Gasteiger charge is -2.18. The Kier molecular flexibility index (Phi) is 7.20. The lowest BCUT2D eigenvalue weighted by Crippen LogP contribution is -2.01. The normalized spacial score (nSPS) is 11.1. The lowest BCUT2D eigenvalue weighted by atomic mass is 9.94. The first kappa shape index (κ1) is 24.5. The number of methoxy groups -OCH3 is 1. The molecule has 3 aromatic carbocycles. The molecule has 0 N–H and O–H groups in total. The van der Waals surface area contributed by atoms with Gasteiger partial charge < -0.3 is 4.74 Å². The maximum Gasteiger partial charge on any atom is 0.175 e. The van der Waals surface area contributed by atoms with Crippen molar-refractivity contribution in [3.8, 4) is 34.1 Å². The molecule has 176 valence electrons. The number of nitriles is 1. The Balaban J connectivity index is 1.92. The van der Waals surface area contributed by atoms with E-state index in [9.17, 15) is 18.1 Å². The minimum absolute atomic E-state index is 0.155. The van der Waals surface area contributed by atoms with E-state index >= 15 is 0 Å². The third kappa shape index (κ3) is 5.70. The Bertz CT molecular complexity index is 1510. The molecule has 35 heavy (non-hydrogen) atoms. The van der Waals surface area contributed by atoms with E-state index in [4.69, 9.17) is 4.74 Å². The van der Waals surface area contributed by atoms with Gasteiger partial charge in [-0.2, -0.15) is 5.26 Å². The van der Waals surface area contributed by atoms with Gasteiger partial charge in [0.2, 0.25) is 0 Å². The van der Waals surface area contributed by atoms with Crippen molar-refractivity contribution in [2.24, 2.45) is 0 Å². The highest BCUT2D eigenvalue weighted by Gasteiger charge is 2.20. The van der Waals surface area contributed by atoms with Crippen molar-refractivity contribution in [3.05, 3.63) is 96.1 Å². The molecule has 1 aromatic heterocycles. The van der Waals surface area contributed by atoms with Crippen molar-refractivity contribution in [2.75, 3.05) is 13.4 Å². The predicted molar refractivity (Wildman–Crippen MR) is 135 cm³/mol. The minimum Gasteiger partial charge on any atom is -0.497 e. The van der Waals surface area contributed by atoms with E-state index in [2.05, 4.69) is 11.1 Å². The number of ether oxygens (including phenoxy) is 1. The van der Waals surface area contributed by atoms with Crippen LogP contribution in [0.25, 0.3) is 22.3 Å². The highest BCUT2D eigenvalue weighted by atomic mass is 32.2. The molecule has 0 amide bonds. The van der Waals surface area contributed by atoms with Crippen LogP contribution in [0.15, 0.2) is 88.9 Å². The second-order valence-corrected chi connectivity index (χ2v) is 10.9. The number of nitrogens with zero attached hydrogens (tertiary/aromatic N) is 2. The quantitative estimate of drug-likeness (QED) is 0.282. The first-order chi connectivity index (χ1) is 16.8. The van der Waals surface area contributed by atoms with Gasteiger partial charge in [-0.25, -0.2) is 12.8 Å². The van der Waals surface area contributed by atoms with Crippen molar-refractivity contribution in [1.82, 2.24) is 4.98 Å². The van der Waals surface area contributed by atoms with Crippen molar-refractivity contribution in [1.29, 1.82) is 5.26 Å². The highest BCUT2D eigenvalue weighted by molar-refractivity contribution is 7.98. The van der Waals surface area contributed by atoms with Crippen LogP contribution in [-0.4, -0.2) is 26.8 Å². The Morgan fingerprint density at radius 3 is 2.34 bits per heavy atom. The summed E-state index contributed by atoms with van der Waals surface area (Å²) in [5.41, 5.74) is 4.07. The molecule has 0 spiro atoms. The molecule has 1 heterocycles. The molecule has 0 atom stereocenters. The summed E-state index contributed by atoms with van der Waals surface area (Å²) in [4.78, 5) is 5.07. The monoisotopic (exact) mass is 504 g/mol. The molecular formula is C27H21FN2O3S2. The molecule has 0 fully saturated rings. The van der Waals surface area contributed by atoms with Crippen molar-refractivity contribution in [2.45, 2.75) is 15.5 Å². The average molecular weight is 505 g/mol. The fourth-order valence-electron chi connectivity index (χ4n) is 3.59. The molecule has 8 heteroatoms. The number of halogens is 1. The molecule has 4 rings (SSSR count). The minimum atomic E-state index is -3.54. The fraction of sp³-hybridized carbons (Fsp3) is 0.111. The highest BCUT2D eigenvalue weighted by Crippen LogP contribution is 2.42. The number of rotatable bonds is 7. The molecule has 0 unspecified atom stereocenters. The van der Waals surface area contributed by atoms with Gasteiger partial charge in [0.1, 0.15) is 17.6 Å². The summed E-state index contributed by atoms with van der Waals surface area (Å²) in [5.74, 6) is 0.923. The second kappa shape index (κ2) is 10.3. The maximum absolute atomic E-state index is 13.7. The molecule has 0 saturated carbocycles. The summed E-state index contributed by atoms with van der Waals surface area (Å²) in [6.07, 6.45) is 4.27. The number of sulfone groups is 1. The number of hydrogen-bond acceptors (Lipinski definition) is 6. The zero-order chi connectivity index (χ0) is 25.0. The average Bonchev–Trinajstić information content (AvgIpc) is 2.87. The van der Waals surface area contributed by atoms with Gasteiger partial charge in [-0.05, 0) is 59.2 Å². The van der Waals surface area contributed by atoms with E-state index in [1.54, 1.807) is 43.6 Å². The second-order valence-electron chi connectivity index (χ2n) is 7.83. The van der Waals surface area contributed by atoms with Gasteiger partial charge in [0.25, 0.3) is 0 Å². The van der Waals surface area contributed by atoms with Crippen LogP contribution >= 0.6 is 11.8 Å². The molecule has 5 nitrogen and oxygen atoms in total. The molecule has 0 aliphatic carbocycles. The zero-order valence-electron chi connectivity index (χ0n) is 19.0. The molecule has 0 saturated heterocycles. The summed E-state index contributed by atoms with van der Waals surface area (Å²) in [6.45, 7) is 0. The van der Waals surface area contributed by atoms with Gasteiger partial charge in [0, 0.05) is 40.4 Å². The summed E-state index contributed by atoms with van der Waals surface area (Å²) in [6, 6.07) is 20.6. The summed E-state index contributed by atoms with van der Waals surface area (Å²) >= 11 is 1.47. The predicted octanol–water partition coefficient (Wildman–Crippen LogP) is 6.13. The molecule has 0 bridgehead atoms. The fourth-order valence-corrected chi connectivity index (χ4v) is 5.43. The first-order valence-corrected chi connectivity index (χ1v) is 13.4. The standard InChI is InChI=1S/C27H21FN2O3S2/c1-33-23-9-3-18(4-10-23)17-34-26-13-24(35(2,31)32)12-25(20-5-7-22(28)8-6-20)27(26)21-11-19(14-29)15-30-16-21/h3-13,15-16H,17H2,1-2H3. The largest absolute Gasteiger partial charge is 0.497 e. The molecule has 0 aliphatic heterocycles. The summed E-state index contributed by atoms with van der Waals surface area (Å²) < 4.78 is 44.1. The van der Waals surface area contributed by atoms with Crippen molar-refractivity contribution >= 4 is 21.6 Å². The SMILES string of the molecule is COc1ccc(CSc2cc(S(C)(=O)=O)cc(-c3ccc(F)cc3)c2-c2cncc(C#N)c2)cc1. The smallest absolute Gasteiger partial charge is 0.175 e. The van der Waals surface area contributed by atoms with Crippen LogP contribution < -0.4 is 4.74 Å². The van der Waals surface area contributed by atoms with E-state index in [0.29, 0.717) is 32.9 Å². The number of thioether (sulfide) groups is 1. The molecule has 0 radical (unpaired) electrons. The number of pyridine rings is 1. The van der Waals surface area contributed by atoms with Crippen LogP contribution in [0.1, 0.15) is 11.1 Å². The number of aromatic nitrogens is 1. The summed E-state index contributed by atoms with van der Waals surface area (Å²) in [7, 11) is -1.94. The van der Waals surface area contributed by atoms with Crippen LogP contribution in [0, 0.1) is 17.1 Å². The van der Waals surface area contributed by atoms with Gasteiger partial charge in [0.15, 0.2) is 9.84 Å². The Labute approximate surface area is 208 Å². The van der Waals surface area contributed by atoms with E-state index in [-0.39, 0.29) is 4.90 Å². The third-order valence-electron chi connectivity index (χ3n) is 5.37. The number of hydrogen-bond donors (Lipinski definition) is 0. The van der Waals surface area contributed by atoms with E-state index < -0.39 is 15.7 Å². The summed E-state index contributed by atoms with van der Waals surface area (Å²) in [5, 5.41) is 9.41. The zero-order valence-corrected chi connectivity index (χ0v) is 20.7. The Hall–Kier alpha value is -3.67. The van der Waals surface area contributed by atoms with E-state index in [1.807, 2.05) is 24.3 Å². The topological polar surface area (TPSA) is 80.1 Å². The first-order valence-electron chi connectivity index (χ1n) is 10.5. The van der Waals surface area contributed by atoms with Crippen LogP contribution in [0.3, 0.4) is 0 Å². The molecule has 4 aromatic rings. The Morgan fingerprint density at radius 2 is 1.71 bits per heavy atom. The van der Waals surface area contributed by atoms with Gasteiger partial charge in [0.05, 0.1) is 17.6 Å². The van der Waals surface area contributed by atoms with E-state index in [0.717, 1.165) is 23.1 Å². The van der Waals surface area contributed by atoms with Crippen LogP contribution in [0.4, 0.5) is 4.39 Å². The van der Waals surface area contributed by atoms with Crippen molar-refractivity contribution in [3.63, 3.8) is 0 Å². The number of benzene rings is 3. The van der Waals surface area contributed by atoms with Gasteiger partial charge in [-0.15, -0.1) is 11.8 Å². The van der Waals surface area contributed by atoms with Gasteiger partial charge >= 0.3 is 0 Å². The molecular weight excluding hydrogens is 483 g/mol. The third-order valence-corrected chi connectivity index (χ3v) is 7.57. The maximum atomic E-state index is 13.7. The van der Waals surface area contributed by atoms with Crippen LogP contribution in [-0.2, 0) is 15.6 Å². The van der Waals surface area contributed by atoms with Gasteiger partial charge in [-0.1, -0.05) is 24.3 Å². The van der Waals surface area contributed by atoms with Crippen molar-refractivity contribution < 1.29 is 17.5 Å². The Morgan fingerprint density at radius 1 is 1.00 bits per heavy atom. The lowest BCUT2D eigenvalue weighted by molar-refractivity contribution is 0.414. The van der Waals surface area contributed by atoms with E-state index in [1.165, 1.54) is 30.1 Å². The van der Waals surface area contributed by atoms with Gasteiger partial charge in [-0.3, -0.25) is 4.98 Å².